The van der Waals surface area contributed by atoms with E-state index in [0.29, 0.717) is 12.5 Å². The quantitative estimate of drug-likeness (QED) is 0.466. The summed E-state index contributed by atoms with van der Waals surface area (Å²) in [4.78, 5) is 11.1. The summed E-state index contributed by atoms with van der Waals surface area (Å²) in [5.41, 5.74) is 5.38. The van der Waals surface area contributed by atoms with E-state index in [1.165, 1.54) is 0 Å². The van der Waals surface area contributed by atoms with Crippen LogP contribution in [0, 0.1) is 23.3 Å². The van der Waals surface area contributed by atoms with Gasteiger partial charge in [0.25, 0.3) is 0 Å². The smallest absolute Gasteiger partial charge is 0.237 e. The number of nitrogens with one attached hydrogen (secondary N) is 1. The fourth-order valence-corrected chi connectivity index (χ4v) is 1.04. The summed E-state index contributed by atoms with van der Waals surface area (Å²) in [6.07, 6.45) is 2.33. The van der Waals surface area contributed by atoms with Crippen LogP contribution < -0.4 is 11.1 Å². The molecule has 3 N–H and O–H groups in total. The summed E-state index contributed by atoms with van der Waals surface area (Å²) < 4.78 is 0. The summed E-state index contributed by atoms with van der Waals surface area (Å²) in [6.45, 7) is 4.33. The third kappa shape index (κ3) is 3.94. The molecule has 1 atom stereocenters. The molecule has 4 nitrogen and oxygen atoms in total. The molecule has 0 heterocycles. The van der Waals surface area contributed by atoms with Gasteiger partial charge < -0.3 is 5.73 Å². The summed E-state index contributed by atoms with van der Waals surface area (Å²) >= 11 is 0. The molecule has 0 aliphatic carbocycles. The molecule has 12 heavy (non-hydrogen) atoms. The van der Waals surface area contributed by atoms with Crippen molar-refractivity contribution in [1.29, 1.82) is 5.26 Å². The lowest BCUT2D eigenvalue weighted by Gasteiger charge is -2.13. The van der Waals surface area contributed by atoms with Crippen molar-refractivity contribution in [2.45, 2.75) is 20.3 Å². The highest BCUT2D eigenvalue weighted by atomic mass is 16.1. The molecule has 0 aliphatic rings. The van der Waals surface area contributed by atoms with Crippen molar-refractivity contribution in [3.05, 3.63) is 0 Å². The van der Waals surface area contributed by atoms with Crippen LogP contribution in [0.5, 0.6) is 0 Å². The van der Waals surface area contributed by atoms with Crippen LogP contribution in [0.1, 0.15) is 20.3 Å². The Bertz CT molecular complexity index is 183. The van der Waals surface area contributed by atoms with E-state index < -0.39 is 0 Å². The summed E-state index contributed by atoms with van der Waals surface area (Å²) in [6, 6.07) is 0. The first-order valence-electron chi connectivity index (χ1n) is 4.00. The highest BCUT2D eigenvalue weighted by molar-refractivity contribution is 5.80. The highest BCUT2D eigenvalue weighted by Crippen LogP contribution is 2.09. The van der Waals surface area contributed by atoms with E-state index in [0.717, 1.165) is 6.42 Å². The topological polar surface area (TPSA) is 78.9 Å². The van der Waals surface area contributed by atoms with Gasteiger partial charge in [0.1, 0.15) is 0 Å². The Balaban J connectivity index is 3.98. The van der Waals surface area contributed by atoms with Gasteiger partial charge in [-0.2, -0.15) is 5.26 Å². The molecule has 1 unspecified atom stereocenters. The first-order chi connectivity index (χ1) is 5.61. The van der Waals surface area contributed by atoms with E-state index in [-0.39, 0.29) is 11.8 Å². The number of rotatable bonds is 4. The van der Waals surface area contributed by atoms with Crippen molar-refractivity contribution >= 4 is 5.91 Å². The predicted molar refractivity (Wildman–Crippen MR) is 45.8 cm³/mol. The molecule has 0 rings (SSSR count). The van der Waals surface area contributed by atoms with Crippen LogP contribution in [0.15, 0.2) is 0 Å². The molecule has 68 valence electrons. The maximum atomic E-state index is 11.1. The summed E-state index contributed by atoms with van der Waals surface area (Å²) in [5, 5.41) is 10.3. The van der Waals surface area contributed by atoms with E-state index in [9.17, 15) is 4.79 Å². The van der Waals surface area contributed by atoms with E-state index >= 15 is 0 Å². The molecule has 0 bridgehead atoms. The first kappa shape index (κ1) is 10.9. The Morgan fingerprint density at radius 3 is 2.58 bits per heavy atom. The van der Waals surface area contributed by atoms with Gasteiger partial charge in [-0.25, -0.2) is 0 Å². The van der Waals surface area contributed by atoms with Crippen LogP contribution >= 0.6 is 0 Å². The van der Waals surface area contributed by atoms with Crippen LogP contribution in [-0.2, 0) is 4.79 Å². The number of hydrogen-bond acceptors (Lipinski definition) is 3. The van der Waals surface area contributed by atoms with Crippen molar-refractivity contribution < 1.29 is 4.79 Å². The van der Waals surface area contributed by atoms with Crippen molar-refractivity contribution in [2.24, 2.45) is 17.6 Å². The fourth-order valence-electron chi connectivity index (χ4n) is 1.04. The molecule has 0 aromatic rings. The Morgan fingerprint density at radius 1 is 1.67 bits per heavy atom. The summed E-state index contributed by atoms with van der Waals surface area (Å²) in [7, 11) is 0. The maximum Gasteiger partial charge on any atom is 0.237 e. The fraction of sp³-hybridized carbons (Fsp3) is 0.750. The Labute approximate surface area is 72.7 Å². The maximum absolute atomic E-state index is 11.1. The zero-order valence-electron chi connectivity index (χ0n) is 7.50. The Kier molecular flexibility index (Phi) is 5.06. The number of carbonyl (C=O) groups excluding carboxylic acids is 1. The van der Waals surface area contributed by atoms with Gasteiger partial charge in [-0.15, -0.1) is 0 Å². The zero-order valence-corrected chi connectivity index (χ0v) is 7.50. The molecule has 4 heteroatoms. The van der Waals surface area contributed by atoms with Gasteiger partial charge in [0, 0.05) is 6.54 Å². The van der Waals surface area contributed by atoms with Crippen LogP contribution in [0.4, 0.5) is 0 Å². The van der Waals surface area contributed by atoms with Crippen LogP contribution in [0.2, 0.25) is 0 Å². The number of hydrogen-bond donors (Lipinski definition) is 2. The van der Waals surface area contributed by atoms with Crippen molar-refractivity contribution in [1.82, 2.24) is 5.32 Å². The zero-order chi connectivity index (χ0) is 9.56. The lowest BCUT2D eigenvalue weighted by molar-refractivity contribution is -0.124. The minimum Gasteiger partial charge on any atom is -0.330 e. The number of nitrogens with two attached hydrogens (primary N) is 1. The Hall–Kier alpha value is -1.08. The number of nitrogens with zero attached hydrogens (tertiary/aromatic N) is 1. The second kappa shape index (κ2) is 5.56. The second-order valence-electron chi connectivity index (χ2n) is 3.16. The number of nitriles is 1. The van der Waals surface area contributed by atoms with Gasteiger partial charge >= 0.3 is 0 Å². The van der Waals surface area contributed by atoms with Crippen molar-refractivity contribution in [3.63, 3.8) is 0 Å². The molecule has 0 fully saturated rings. The number of amides is 1. The average Bonchev–Trinajstić information content (AvgIpc) is 2.00. The van der Waals surface area contributed by atoms with E-state index in [1.807, 2.05) is 13.8 Å². The molecule has 0 radical (unpaired) electrons. The molecule has 0 aromatic heterocycles. The van der Waals surface area contributed by atoms with Crippen LogP contribution in [0.3, 0.4) is 0 Å². The molecule has 0 aliphatic heterocycles. The minimum atomic E-state index is -0.270. The molecular formula is C8H15N3O. The highest BCUT2D eigenvalue weighted by Gasteiger charge is 2.17. The third-order valence-corrected chi connectivity index (χ3v) is 1.59. The largest absolute Gasteiger partial charge is 0.330 e. The minimum absolute atomic E-state index is 0.232. The van der Waals surface area contributed by atoms with Gasteiger partial charge in [0.05, 0.1) is 5.92 Å². The van der Waals surface area contributed by atoms with E-state index in [2.05, 4.69) is 5.32 Å². The monoisotopic (exact) mass is 169 g/mol. The normalized spacial score (nSPS) is 12.2. The van der Waals surface area contributed by atoms with Crippen molar-refractivity contribution in [2.75, 3.05) is 6.54 Å². The SMILES string of the molecule is CC(C)CC(CN)C(=O)NC#N. The third-order valence-electron chi connectivity index (χ3n) is 1.59. The molecule has 0 saturated heterocycles. The average molecular weight is 169 g/mol. The second-order valence-corrected chi connectivity index (χ2v) is 3.16. The first-order valence-corrected chi connectivity index (χ1v) is 4.00. The van der Waals surface area contributed by atoms with E-state index in [4.69, 9.17) is 11.0 Å². The van der Waals surface area contributed by atoms with Crippen LogP contribution in [-0.4, -0.2) is 12.5 Å². The predicted octanol–water partition coefficient (Wildman–Crippen LogP) is 0.205. The van der Waals surface area contributed by atoms with Gasteiger partial charge in [-0.05, 0) is 12.3 Å². The van der Waals surface area contributed by atoms with Crippen molar-refractivity contribution in [3.8, 4) is 6.19 Å². The standard InChI is InChI=1S/C8H15N3O/c1-6(2)3-7(4-9)8(12)11-5-10/h6-7H,3-4,9H2,1-2H3,(H,11,12). The molecule has 0 aromatic carbocycles. The molecule has 0 saturated carbocycles. The van der Waals surface area contributed by atoms with Gasteiger partial charge in [0.15, 0.2) is 6.19 Å². The molecule has 1 amide bonds. The summed E-state index contributed by atoms with van der Waals surface area (Å²) in [5.74, 6) is -0.0821. The van der Waals surface area contributed by atoms with Gasteiger partial charge in [-0.3, -0.25) is 10.1 Å². The Morgan fingerprint density at radius 2 is 2.25 bits per heavy atom. The van der Waals surface area contributed by atoms with Gasteiger partial charge in [0.2, 0.25) is 5.91 Å². The lowest BCUT2D eigenvalue weighted by atomic mass is 9.96. The molecule has 0 spiro atoms. The van der Waals surface area contributed by atoms with E-state index in [1.54, 1.807) is 6.19 Å². The van der Waals surface area contributed by atoms with Gasteiger partial charge in [-0.1, -0.05) is 13.8 Å². The number of carbonyl (C=O) groups is 1. The lowest BCUT2D eigenvalue weighted by Crippen LogP contribution is -2.33. The van der Waals surface area contributed by atoms with Crippen LogP contribution in [0.25, 0.3) is 0 Å². The molecular weight excluding hydrogens is 154 g/mol.